The smallest absolute Gasteiger partial charge is 0.385 e. The molecule has 6 nitrogen and oxygen atoms in total. The van der Waals surface area contributed by atoms with Gasteiger partial charge in [-0.1, -0.05) is 30.3 Å². The Morgan fingerprint density at radius 3 is 1.25 bits per heavy atom. The van der Waals surface area contributed by atoms with Crippen molar-refractivity contribution in [2.24, 2.45) is 0 Å². The Kier molecular flexibility index (Phi) is 8.27. The van der Waals surface area contributed by atoms with E-state index >= 15 is 0 Å². The van der Waals surface area contributed by atoms with Gasteiger partial charge in [-0.15, -0.1) is 0 Å². The number of halogens is 6. The van der Waals surface area contributed by atoms with Gasteiger partial charge in [-0.2, -0.15) is 26.3 Å². The summed E-state index contributed by atoms with van der Waals surface area (Å²) < 4.78 is 79.0. The Bertz CT molecular complexity index is 1430. The average Bonchev–Trinajstić information content (AvgIpc) is 3.00. The molecule has 234 valence electrons. The van der Waals surface area contributed by atoms with Crippen molar-refractivity contribution in [3.63, 3.8) is 0 Å². The number of carbonyl (C=O) groups excluding carboxylic acids is 2. The van der Waals surface area contributed by atoms with Gasteiger partial charge in [-0.3, -0.25) is 9.59 Å². The van der Waals surface area contributed by atoms with E-state index < -0.39 is 46.5 Å². The van der Waals surface area contributed by atoms with E-state index in [9.17, 15) is 46.1 Å². The number of carbonyl (C=O) groups is 2. The Labute approximate surface area is 249 Å². The van der Waals surface area contributed by atoms with Gasteiger partial charge in [0.05, 0.1) is 22.3 Å². The van der Waals surface area contributed by atoms with Crippen LogP contribution in [0.1, 0.15) is 68.7 Å². The minimum atomic E-state index is -4.55. The number of benzene rings is 3. The maximum Gasteiger partial charge on any atom is 0.416 e. The molecule has 2 saturated heterocycles. The molecule has 12 heteroatoms. The van der Waals surface area contributed by atoms with Crippen LogP contribution in [0.15, 0.2) is 72.8 Å². The molecule has 2 fully saturated rings. The van der Waals surface area contributed by atoms with Crippen LogP contribution in [0, 0.1) is 0 Å². The maximum atomic E-state index is 13.3. The van der Waals surface area contributed by atoms with Gasteiger partial charge in [0.2, 0.25) is 0 Å². The lowest BCUT2D eigenvalue weighted by atomic mass is 9.83. The fraction of sp³-hybridized carbons (Fsp3) is 0.375. The van der Waals surface area contributed by atoms with Gasteiger partial charge in [0, 0.05) is 37.3 Å². The number of hydrogen-bond donors (Lipinski definition) is 2. The van der Waals surface area contributed by atoms with E-state index in [0.717, 1.165) is 24.3 Å². The second-order valence-electron chi connectivity index (χ2n) is 11.4. The normalized spacial score (nSPS) is 18.6. The van der Waals surface area contributed by atoms with Crippen molar-refractivity contribution in [2.75, 3.05) is 26.2 Å². The van der Waals surface area contributed by atoms with E-state index in [0.29, 0.717) is 0 Å². The summed E-state index contributed by atoms with van der Waals surface area (Å²) in [7, 11) is 0. The fourth-order valence-electron chi connectivity index (χ4n) is 5.86. The average molecular weight is 621 g/mol. The second-order valence-corrected chi connectivity index (χ2v) is 11.4. The minimum absolute atomic E-state index is 0.0290. The molecule has 2 aliphatic rings. The van der Waals surface area contributed by atoms with Crippen LogP contribution in [0.5, 0.6) is 0 Å². The molecule has 2 heterocycles. The molecule has 3 aromatic rings. The lowest BCUT2D eigenvalue weighted by Crippen LogP contribution is -2.46. The van der Waals surface area contributed by atoms with E-state index in [1.807, 2.05) is 0 Å². The SMILES string of the molecule is O=C(c1cccc(C(=O)N2CCC(O)(c3cccc(C(F)(F)F)c3)CC2)c1)N1CCC(O)(c2cccc(C(F)(F)F)c2)CC1. The van der Waals surface area contributed by atoms with Crippen molar-refractivity contribution in [1.29, 1.82) is 0 Å². The van der Waals surface area contributed by atoms with Gasteiger partial charge in [0.15, 0.2) is 0 Å². The van der Waals surface area contributed by atoms with Crippen LogP contribution >= 0.6 is 0 Å². The van der Waals surface area contributed by atoms with Gasteiger partial charge >= 0.3 is 12.4 Å². The lowest BCUT2D eigenvalue weighted by molar-refractivity contribution is -0.138. The zero-order valence-corrected chi connectivity index (χ0v) is 23.5. The van der Waals surface area contributed by atoms with Crippen molar-refractivity contribution < 1.29 is 46.1 Å². The van der Waals surface area contributed by atoms with Gasteiger partial charge in [-0.05, 0) is 79.3 Å². The van der Waals surface area contributed by atoms with Gasteiger partial charge in [0.1, 0.15) is 0 Å². The van der Waals surface area contributed by atoms with Crippen LogP contribution in [-0.4, -0.2) is 58.0 Å². The lowest BCUT2D eigenvalue weighted by Gasteiger charge is -2.39. The summed E-state index contributed by atoms with van der Waals surface area (Å²) in [5.74, 6) is -0.799. The quantitative estimate of drug-likeness (QED) is 0.353. The van der Waals surface area contributed by atoms with Crippen LogP contribution < -0.4 is 0 Å². The topological polar surface area (TPSA) is 81.1 Å². The first-order valence-corrected chi connectivity index (χ1v) is 14.1. The molecule has 0 bridgehead atoms. The molecule has 2 aliphatic heterocycles. The van der Waals surface area contributed by atoms with Crippen molar-refractivity contribution in [3.8, 4) is 0 Å². The standard InChI is InChI=1S/C32H30F6N2O4/c33-31(34,35)25-8-2-6-23(19-25)29(43)10-14-39(15-11-29)27(41)21-4-1-5-22(18-21)28(42)40-16-12-30(44,13-17-40)24-7-3-9-26(20-24)32(36,37)38/h1-9,18-20,43-44H,10-17H2. The van der Waals surface area contributed by atoms with Crippen LogP contribution in [0.2, 0.25) is 0 Å². The van der Waals surface area contributed by atoms with Crippen molar-refractivity contribution in [3.05, 3.63) is 106 Å². The third kappa shape index (κ3) is 6.46. The molecule has 2 amide bonds. The highest BCUT2D eigenvalue weighted by Crippen LogP contribution is 2.38. The highest BCUT2D eigenvalue weighted by molar-refractivity contribution is 5.99. The number of aliphatic hydroxyl groups is 2. The van der Waals surface area contributed by atoms with Gasteiger partial charge < -0.3 is 20.0 Å². The van der Waals surface area contributed by atoms with Crippen LogP contribution in [0.25, 0.3) is 0 Å². The molecule has 0 aliphatic carbocycles. The number of hydrogen-bond acceptors (Lipinski definition) is 4. The first kappa shape index (κ1) is 31.5. The Hall–Kier alpha value is -3.90. The molecule has 0 spiro atoms. The molecule has 0 aromatic heterocycles. The highest BCUT2D eigenvalue weighted by Gasteiger charge is 2.40. The predicted molar refractivity (Wildman–Crippen MR) is 147 cm³/mol. The summed E-state index contributed by atoms with van der Waals surface area (Å²) in [6, 6.07) is 15.1. The van der Waals surface area contributed by atoms with E-state index in [4.69, 9.17) is 0 Å². The second kappa shape index (κ2) is 11.6. The summed E-state index contributed by atoms with van der Waals surface area (Å²) in [6.07, 6.45) is -8.99. The number of piperidine rings is 2. The van der Waals surface area contributed by atoms with Crippen LogP contribution in [0.4, 0.5) is 26.3 Å². The minimum Gasteiger partial charge on any atom is -0.385 e. The van der Waals surface area contributed by atoms with Gasteiger partial charge in [0.25, 0.3) is 11.8 Å². The molecular weight excluding hydrogens is 590 g/mol. The monoisotopic (exact) mass is 620 g/mol. The molecule has 0 radical (unpaired) electrons. The Balaban J connectivity index is 1.22. The Morgan fingerprint density at radius 1 is 0.568 bits per heavy atom. The summed E-state index contributed by atoms with van der Waals surface area (Å²) in [5, 5.41) is 22.2. The molecular formula is C32H30F6N2O4. The number of nitrogens with zero attached hydrogens (tertiary/aromatic N) is 2. The van der Waals surface area contributed by atoms with E-state index in [1.54, 1.807) is 6.07 Å². The molecule has 0 atom stereocenters. The van der Waals surface area contributed by atoms with Crippen LogP contribution in [-0.2, 0) is 23.6 Å². The number of rotatable bonds is 4. The fourth-order valence-corrected chi connectivity index (χ4v) is 5.86. The highest BCUT2D eigenvalue weighted by atomic mass is 19.4. The van der Waals surface area contributed by atoms with Crippen molar-refractivity contribution >= 4 is 11.8 Å². The van der Waals surface area contributed by atoms with E-state index in [2.05, 4.69) is 0 Å². The summed E-state index contributed by atoms with van der Waals surface area (Å²) in [4.78, 5) is 29.5. The molecule has 44 heavy (non-hydrogen) atoms. The van der Waals surface area contributed by atoms with Crippen molar-refractivity contribution in [1.82, 2.24) is 9.80 Å². The first-order chi connectivity index (χ1) is 20.6. The zero-order valence-electron chi connectivity index (χ0n) is 23.5. The largest absolute Gasteiger partial charge is 0.416 e. The van der Waals surface area contributed by atoms with Crippen LogP contribution in [0.3, 0.4) is 0 Å². The van der Waals surface area contributed by atoms with Gasteiger partial charge in [-0.25, -0.2) is 0 Å². The number of likely N-dealkylation sites (tertiary alicyclic amines) is 2. The van der Waals surface area contributed by atoms with Crippen molar-refractivity contribution in [2.45, 2.75) is 49.2 Å². The third-order valence-corrected chi connectivity index (χ3v) is 8.57. The van der Waals surface area contributed by atoms with E-state index in [1.165, 1.54) is 52.3 Å². The summed E-state index contributed by atoms with van der Waals surface area (Å²) >= 11 is 0. The summed E-state index contributed by atoms with van der Waals surface area (Å²) in [5.41, 5.74) is -4.08. The molecule has 5 rings (SSSR count). The Morgan fingerprint density at radius 2 is 0.909 bits per heavy atom. The molecule has 2 N–H and O–H groups in total. The number of amides is 2. The maximum absolute atomic E-state index is 13.3. The molecule has 0 unspecified atom stereocenters. The zero-order chi connectivity index (χ0) is 31.9. The third-order valence-electron chi connectivity index (χ3n) is 8.57. The molecule has 0 saturated carbocycles. The first-order valence-electron chi connectivity index (χ1n) is 14.1. The predicted octanol–water partition coefficient (Wildman–Crippen LogP) is 5.97. The van der Waals surface area contributed by atoms with E-state index in [-0.39, 0.29) is 74.1 Å². The molecule has 3 aromatic carbocycles. The number of alkyl halides is 6. The summed E-state index contributed by atoms with van der Waals surface area (Å²) in [6.45, 7) is 0.349.